The van der Waals surface area contributed by atoms with Crippen LogP contribution in [-0.2, 0) is 20.1 Å². The van der Waals surface area contributed by atoms with Crippen molar-refractivity contribution in [3.05, 3.63) is 194 Å². The summed E-state index contributed by atoms with van der Waals surface area (Å²) in [4.78, 5) is 9.30. The summed E-state index contributed by atoms with van der Waals surface area (Å²) in [7, 11) is 0. The van der Waals surface area contributed by atoms with E-state index in [4.69, 9.17) is 13.5 Å². The third-order valence-corrected chi connectivity index (χ3v) is 8.97. The molecule has 1 radical (unpaired) electrons. The summed E-state index contributed by atoms with van der Waals surface area (Å²) in [5.74, 6) is 0.786. The van der Waals surface area contributed by atoms with Gasteiger partial charge in [-0.25, -0.2) is 0 Å². The molecule has 0 amide bonds. The molecule has 0 spiro atoms. The van der Waals surface area contributed by atoms with Crippen molar-refractivity contribution >= 4 is 27.6 Å². The number of rotatable bonds is 6. The number of furan rings is 1. The van der Waals surface area contributed by atoms with E-state index in [1.807, 2.05) is 55.5 Å². The fourth-order valence-corrected chi connectivity index (χ4v) is 6.42. The summed E-state index contributed by atoms with van der Waals surface area (Å²) in [6.45, 7) is 4.07. The Labute approximate surface area is 327 Å². The maximum absolute atomic E-state index is 7.23. The van der Waals surface area contributed by atoms with Crippen LogP contribution in [0.4, 0.5) is 0 Å². The van der Waals surface area contributed by atoms with Crippen molar-refractivity contribution in [2.24, 2.45) is 0 Å². The number of hydrogen-bond acceptors (Lipinski definition) is 3. The second-order valence-corrected chi connectivity index (χ2v) is 12.5. The van der Waals surface area contributed by atoms with Crippen molar-refractivity contribution in [3.63, 3.8) is 0 Å². The maximum atomic E-state index is 7.23. The first kappa shape index (κ1) is 31.6. The van der Waals surface area contributed by atoms with Crippen LogP contribution in [0.5, 0.6) is 0 Å². The minimum atomic E-state index is -2.09. The van der Waals surface area contributed by atoms with E-state index >= 15 is 0 Å². The summed E-state index contributed by atoms with van der Waals surface area (Å²) < 4.78 is 29.9. The zero-order chi connectivity index (χ0) is 37.9. The second kappa shape index (κ2) is 15.6. The zero-order valence-electron chi connectivity index (χ0n) is 31.9. The molecule has 0 aliphatic heterocycles. The molecular formula is C48H35IrN3O-2. The number of pyridine rings is 1. The van der Waals surface area contributed by atoms with Gasteiger partial charge in [-0.1, -0.05) is 144 Å². The molecule has 9 rings (SSSR count). The van der Waals surface area contributed by atoms with Crippen molar-refractivity contribution in [2.45, 2.75) is 13.8 Å². The van der Waals surface area contributed by atoms with E-state index in [9.17, 15) is 0 Å². The van der Waals surface area contributed by atoms with Crippen molar-refractivity contribution in [2.75, 3.05) is 0 Å². The minimum absolute atomic E-state index is 0. The average molecular weight is 865 g/mol. The fourth-order valence-electron chi connectivity index (χ4n) is 6.42. The first-order chi connectivity index (χ1) is 26.8. The molecule has 0 saturated heterocycles. The van der Waals surface area contributed by atoms with Crippen LogP contribution in [0, 0.1) is 19.2 Å². The number of allylic oxidation sites excluding steroid dienone is 1. The largest absolute Gasteiger partial charge is 0.557 e. The Morgan fingerprint density at radius 2 is 1.45 bits per heavy atom. The molecule has 0 saturated carbocycles. The molecule has 0 aliphatic rings. The Morgan fingerprint density at radius 3 is 2.09 bits per heavy atom. The topological polar surface area (TPSA) is 43.9 Å². The van der Waals surface area contributed by atoms with Gasteiger partial charge < -0.3 is 14.0 Å². The molecule has 259 valence electrons. The smallest absolute Gasteiger partial charge is 0.0774 e. The van der Waals surface area contributed by atoms with Gasteiger partial charge in [-0.05, 0) is 53.9 Å². The predicted molar refractivity (Wildman–Crippen MR) is 214 cm³/mol. The summed E-state index contributed by atoms with van der Waals surface area (Å²) in [6, 6.07) is 55.8. The summed E-state index contributed by atoms with van der Waals surface area (Å²) >= 11 is 0. The van der Waals surface area contributed by atoms with E-state index in [-0.39, 0.29) is 25.7 Å². The number of para-hydroxylation sites is 3. The van der Waals surface area contributed by atoms with Gasteiger partial charge in [0.05, 0.1) is 22.5 Å². The SMILES string of the molecule is C=C(C)c1ccc2o[c-]c(-c3nc4ccccc4n3-c3c(-c4ccccc4)cccc3-c3ccccc3)c2c1.[2H]C([2H])([2H])c1ccc(-c2[c-]cccc2)nc1.[Ir]. The van der Waals surface area contributed by atoms with Crippen molar-refractivity contribution < 1.29 is 28.6 Å². The Hall–Kier alpha value is -6.13. The Bertz CT molecular complexity index is 2700. The Morgan fingerprint density at radius 1 is 0.755 bits per heavy atom. The molecule has 6 aromatic carbocycles. The van der Waals surface area contributed by atoms with E-state index in [0.29, 0.717) is 0 Å². The van der Waals surface area contributed by atoms with E-state index in [0.717, 1.165) is 83.7 Å². The molecule has 0 N–H and O–H groups in total. The summed E-state index contributed by atoms with van der Waals surface area (Å²) in [5, 5.41) is 0.963. The number of aromatic nitrogens is 3. The third kappa shape index (κ3) is 7.18. The average Bonchev–Trinajstić information content (AvgIpc) is 3.83. The zero-order valence-corrected chi connectivity index (χ0v) is 31.3. The maximum Gasteiger partial charge on any atom is 0.0774 e. The van der Waals surface area contributed by atoms with Gasteiger partial charge >= 0.3 is 0 Å². The molecule has 0 fully saturated rings. The van der Waals surface area contributed by atoms with Gasteiger partial charge in [0.2, 0.25) is 0 Å². The molecule has 3 aromatic heterocycles. The number of imidazole rings is 1. The van der Waals surface area contributed by atoms with Gasteiger partial charge in [-0.2, -0.15) is 0 Å². The molecule has 0 bridgehead atoms. The molecule has 9 aromatic rings. The third-order valence-electron chi connectivity index (χ3n) is 8.97. The van der Waals surface area contributed by atoms with Gasteiger partial charge in [-0.3, -0.25) is 4.98 Å². The van der Waals surface area contributed by atoms with Gasteiger partial charge in [0, 0.05) is 53.4 Å². The van der Waals surface area contributed by atoms with E-state index < -0.39 is 6.85 Å². The molecule has 3 heterocycles. The molecule has 0 atom stereocenters. The number of fused-ring (bicyclic) bond motifs is 2. The number of hydrogen-bond donors (Lipinski definition) is 0. The van der Waals surface area contributed by atoms with Crippen LogP contribution < -0.4 is 0 Å². The number of aryl methyl sites for hydroxylation is 1. The summed E-state index contributed by atoms with van der Waals surface area (Å²) in [6.07, 6.45) is 4.59. The van der Waals surface area contributed by atoms with Crippen LogP contribution in [0.25, 0.3) is 78.2 Å². The predicted octanol–water partition coefficient (Wildman–Crippen LogP) is 12.5. The van der Waals surface area contributed by atoms with E-state index in [2.05, 4.69) is 119 Å². The summed E-state index contributed by atoms with van der Waals surface area (Å²) in [5.41, 5.74) is 13.0. The molecule has 5 heteroatoms. The normalized spacial score (nSPS) is 11.8. The van der Waals surface area contributed by atoms with Crippen LogP contribution >= 0.6 is 0 Å². The number of nitrogens with zero attached hydrogens (tertiary/aromatic N) is 3. The molecule has 4 nitrogen and oxygen atoms in total. The van der Waals surface area contributed by atoms with Gasteiger partial charge in [-0.15, -0.1) is 35.9 Å². The van der Waals surface area contributed by atoms with Crippen LogP contribution in [0.15, 0.2) is 175 Å². The van der Waals surface area contributed by atoms with Crippen LogP contribution in [0.3, 0.4) is 0 Å². The van der Waals surface area contributed by atoms with E-state index in [1.165, 1.54) is 6.20 Å². The molecular weight excluding hydrogens is 827 g/mol. The minimum Gasteiger partial charge on any atom is -0.557 e. The van der Waals surface area contributed by atoms with Gasteiger partial charge in [0.15, 0.2) is 0 Å². The first-order valence-corrected chi connectivity index (χ1v) is 17.0. The quantitative estimate of drug-likeness (QED) is 0.156. The van der Waals surface area contributed by atoms with Crippen LogP contribution in [0.2, 0.25) is 0 Å². The monoisotopic (exact) mass is 865 g/mol. The second-order valence-electron chi connectivity index (χ2n) is 12.5. The first-order valence-electron chi connectivity index (χ1n) is 18.5. The van der Waals surface area contributed by atoms with E-state index in [1.54, 1.807) is 18.2 Å². The molecule has 0 aliphatic carbocycles. The van der Waals surface area contributed by atoms with Crippen LogP contribution in [-0.4, -0.2) is 14.5 Å². The van der Waals surface area contributed by atoms with Crippen molar-refractivity contribution in [1.82, 2.24) is 14.5 Å². The Kier molecular flexibility index (Phi) is 9.32. The number of benzene rings is 6. The standard InChI is InChI=1S/C36H25N2O.C12H10N.Ir/c1-24(2)27-20-21-34-30(22-27)31(23-39-34)36-37-32-18-9-10-19-33(32)38(36)35-28(25-12-5-3-6-13-25)16-11-17-29(35)26-14-7-4-8-15-26;1-10-7-8-12(13-9-10)11-5-3-2-4-6-11;/h3-22H,1H2,2H3;2-5,7-9H,1H3;/q2*-1;/i;1D3;. The van der Waals surface area contributed by atoms with Crippen LogP contribution in [0.1, 0.15) is 22.2 Å². The molecule has 0 unspecified atom stereocenters. The van der Waals surface area contributed by atoms with Gasteiger partial charge in [0.1, 0.15) is 0 Å². The van der Waals surface area contributed by atoms with Crippen molar-refractivity contribution in [1.29, 1.82) is 0 Å². The fraction of sp³-hybridized carbons (Fsp3) is 0.0417. The Balaban J connectivity index is 0.000000238. The van der Waals surface area contributed by atoms with Crippen molar-refractivity contribution in [3.8, 4) is 50.6 Å². The molecule has 53 heavy (non-hydrogen) atoms. The van der Waals surface area contributed by atoms with Gasteiger partial charge in [0.25, 0.3) is 0 Å².